The van der Waals surface area contributed by atoms with Gasteiger partial charge < -0.3 is 20.7 Å². The highest BCUT2D eigenvalue weighted by atomic mass is 32.1. The highest BCUT2D eigenvalue weighted by molar-refractivity contribution is 7.18. The molecule has 0 bridgehead atoms. The largest absolute Gasteiger partial charge is 0.383 e. The van der Waals surface area contributed by atoms with E-state index in [9.17, 15) is 4.79 Å². The lowest BCUT2D eigenvalue weighted by atomic mass is 10.2. The summed E-state index contributed by atoms with van der Waals surface area (Å²) in [6, 6.07) is 0.342. The maximum absolute atomic E-state index is 12.5. The van der Waals surface area contributed by atoms with Gasteiger partial charge in [-0.3, -0.25) is 4.79 Å². The molecule has 112 valence electrons. The van der Waals surface area contributed by atoms with Gasteiger partial charge in [-0.25, -0.2) is 4.98 Å². The topological polar surface area (TPSA) is 80.5 Å². The predicted molar refractivity (Wildman–Crippen MR) is 81.2 cm³/mol. The van der Waals surface area contributed by atoms with E-state index in [1.807, 2.05) is 4.90 Å². The van der Waals surface area contributed by atoms with Gasteiger partial charge in [0.05, 0.1) is 6.61 Å². The van der Waals surface area contributed by atoms with Gasteiger partial charge in [0.2, 0.25) is 0 Å². The van der Waals surface area contributed by atoms with Crippen LogP contribution in [0.1, 0.15) is 35.9 Å². The number of amides is 1. The van der Waals surface area contributed by atoms with Crippen LogP contribution in [0.4, 0.5) is 10.9 Å². The van der Waals surface area contributed by atoms with E-state index < -0.39 is 0 Å². The van der Waals surface area contributed by atoms with Gasteiger partial charge in [0, 0.05) is 26.2 Å². The average molecular weight is 298 g/mol. The predicted octanol–water partition coefficient (Wildman–Crippen LogP) is 1.80. The molecular weight excluding hydrogens is 276 g/mol. The van der Waals surface area contributed by atoms with Crippen molar-refractivity contribution in [1.82, 2.24) is 9.88 Å². The quantitative estimate of drug-likeness (QED) is 0.783. The minimum absolute atomic E-state index is 0.0177. The van der Waals surface area contributed by atoms with Gasteiger partial charge in [-0.1, -0.05) is 18.3 Å². The molecule has 0 spiro atoms. The van der Waals surface area contributed by atoms with Crippen LogP contribution in [0.25, 0.3) is 0 Å². The van der Waals surface area contributed by atoms with Crippen LogP contribution in [-0.4, -0.2) is 48.6 Å². The lowest BCUT2D eigenvalue weighted by Gasteiger charge is -2.22. The van der Waals surface area contributed by atoms with Crippen molar-refractivity contribution in [2.24, 2.45) is 0 Å². The zero-order valence-electron chi connectivity index (χ0n) is 12.0. The van der Waals surface area contributed by atoms with Crippen molar-refractivity contribution in [3.8, 4) is 0 Å². The Hall–Kier alpha value is -1.34. The lowest BCUT2D eigenvalue weighted by Crippen LogP contribution is -2.34. The maximum atomic E-state index is 12.5. The van der Waals surface area contributed by atoms with E-state index >= 15 is 0 Å². The number of rotatable bonds is 6. The molecule has 1 saturated heterocycles. The first kappa shape index (κ1) is 15.1. The van der Waals surface area contributed by atoms with E-state index in [0.29, 0.717) is 35.0 Å². The third-order valence-electron chi connectivity index (χ3n) is 3.54. The fourth-order valence-electron chi connectivity index (χ4n) is 2.48. The van der Waals surface area contributed by atoms with Gasteiger partial charge in [0.25, 0.3) is 5.91 Å². The molecule has 2 rings (SSSR count). The number of methoxy groups -OCH3 is 1. The first-order valence-electron chi connectivity index (χ1n) is 6.97. The zero-order chi connectivity index (χ0) is 14.5. The summed E-state index contributed by atoms with van der Waals surface area (Å²) >= 11 is 1.32. The van der Waals surface area contributed by atoms with Crippen LogP contribution in [-0.2, 0) is 4.74 Å². The number of nitrogens with two attached hydrogens (primary N) is 1. The molecule has 1 aromatic rings. The maximum Gasteiger partial charge on any atom is 0.268 e. The van der Waals surface area contributed by atoms with Gasteiger partial charge >= 0.3 is 0 Å². The summed E-state index contributed by atoms with van der Waals surface area (Å²) in [7, 11) is 1.64. The second-order valence-corrected chi connectivity index (χ2v) is 5.85. The van der Waals surface area contributed by atoms with Gasteiger partial charge in [0.15, 0.2) is 5.13 Å². The van der Waals surface area contributed by atoms with E-state index in [-0.39, 0.29) is 5.91 Å². The van der Waals surface area contributed by atoms with E-state index in [0.717, 1.165) is 25.8 Å². The number of nitrogens with one attached hydrogen (secondary N) is 1. The Morgan fingerprint density at radius 3 is 3.15 bits per heavy atom. The van der Waals surface area contributed by atoms with Crippen LogP contribution in [0, 0.1) is 0 Å². The minimum atomic E-state index is 0.0177. The monoisotopic (exact) mass is 298 g/mol. The molecular formula is C13H22N4O2S. The van der Waals surface area contributed by atoms with Crippen LogP contribution in [0.15, 0.2) is 0 Å². The molecule has 1 amide bonds. The summed E-state index contributed by atoms with van der Waals surface area (Å²) in [5, 5.41) is 3.79. The first-order valence-corrected chi connectivity index (χ1v) is 7.79. The number of likely N-dealkylation sites (tertiary alicyclic amines) is 1. The number of nitrogens with zero attached hydrogens (tertiary/aromatic N) is 2. The smallest absolute Gasteiger partial charge is 0.268 e. The zero-order valence-corrected chi connectivity index (χ0v) is 12.8. The highest BCUT2D eigenvalue weighted by Gasteiger charge is 2.30. The van der Waals surface area contributed by atoms with E-state index in [1.54, 1.807) is 7.11 Å². The Kier molecular flexibility index (Phi) is 5.19. The molecule has 1 atom stereocenters. The van der Waals surface area contributed by atoms with Crippen molar-refractivity contribution >= 4 is 28.2 Å². The molecule has 1 fully saturated rings. The normalized spacial score (nSPS) is 18.5. The summed E-state index contributed by atoms with van der Waals surface area (Å²) in [5.41, 5.74) is 5.88. The van der Waals surface area contributed by atoms with Crippen molar-refractivity contribution in [3.05, 3.63) is 4.88 Å². The number of thiazole rings is 1. The highest BCUT2D eigenvalue weighted by Crippen LogP contribution is 2.29. The minimum Gasteiger partial charge on any atom is -0.383 e. The number of carbonyl (C=O) groups is 1. The van der Waals surface area contributed by atoms with Gasteiger partial charge in [0.1, 0.15) is 10.7 Å². The third-order valence-corrected chi connectivity index (χ3v) is 4.56. The number of hydrogen-bond acceptors (Lipinski definition) is 6. The molecule has 1 unspecified atom stereocenters. The molecule has 20 heavy (non-hydrogen) atoms. The van der Waals surface area contributed by atoms with Crippen LogP contribution in [0.2, 0.25) is 0 Å². The van der Waals surface area contributed by atoms with E-state index in [1.165, 1.54) is 11.3 Å². The summed E-state index contributed by atoms with van der Waals surface area (Å²) < 4.78 is 4.97. The number of aromatic nitrogens is 1. The van der Waals surface area contributed by atoms with Crippen molar-refractivity contribution in [1.29, 1.82) is 0 Å². The summed E-state index contributed by atoms with van der Waals surface area (Å²) in [6.07, 6.45) is 3.14. The van der Waals surface area contributed by atoms with Crippen LogP contribution in [0.3, 0.4) is 0 Å². The number of nitrogen functional groups attached to an aromatic ring is 1. The summed E-state index contributed by atoms with van der Waals surface area (Å²) in [6.45, 7) is 4.18. The number of ether oxygens (including phenoxy) is 1. The Bertz CT molecular complexity index is 463. The fourth-order valence-corrected chi connectivity index (χ4v) is 3.35. The molecule has 2 heterocycles. The van der Waals surface area contributed by atoms with Crippen molar-refractivity contribution in [2.75, 3.05) is 37.9 Å². The molecule has 0 aliphatic carbocycles. The van der Waals surface area contributed by atoms with Crippen LogP contribution < -0.4 is 11.1 Å². The number of anilines is 2. The fraction of sp³-hybridized carbons (Fsp3) is 0.692. The summed E-state index contributed by atoms with van der Waals surface area (Å²) in [4.78, 5) is 19.2. The van der Waals surface area contributed by atoms with Crippen LogP contribution in [0.5, 0.6) is 0 Å². The molecule has 6 nitrogen and oxygen atoms in total. The van der Waals surface area contributed by atoms with E-state index in [4.69, 9.17) is 10.5 Å². The molecule has 0 saturated carbocycles. The molecule has 1 aliphatic rings. The molecule has 3 N–H and O–H groups in total. The molecule has 0 radical (unpaired) electrons. The molecule has 1 aromatic heterocycles. The number of hydrogen-bond donors (Lipinski definition) is 2. The Balaban J connectivity index is 2.06. The molecule has 1 aliphatic heterocycles. The van der Waals surface area contributed by atoms with E-state index in [2.05, 4.69) is 17.2 Å². The lowest BCUT2D eigenvalue weighted by molar-refractivity contribution is 0.0739. The molecule has 7 heteroatoms. The Morgan fingerprint density at radius 2 is 2.45 bits per heavy atom. The second-order valence-electron chi connectivity index (χ2n) is 4.86. The average Bonchev–Trinajstić information content (AvgIpc) is 3.04. The Morgan fingerprint density at radius 1 is 1.65 bits per heavy atom. The first-order chi connectivity index (χ1) is 9.67. The molecule has 0 aromatic carbocycles. The third kappa shape index (κ3) is 3.21. The second kappa shape index (κ2) is 6.90. The van der Waals surface area contributed by atoms with Crippen molar-refractivity contribution < 1.29 is 9.53 Å². The van der Waals surface area contributed by atoms with Crippen molar-refractivity contribution in [2.45, 2.75) is 32.2 Å². The number of carbonyl (C=O) groups excluding carboxylic acids is 1. The van der Waals surface area contributed by atoms with Gasteiger partial charge in [-0.05, 0) is 19.3 Å². The Labute approximate surface area is 123 Å². The van der Waals surface area contributed by atoms with Crippen LogP contribution >= 0.6 is 11.3 Å². The SMILES string of the molecule is CCC1CCCN1C(=O)c1sc(NCCOC)nc1N. The van der Waals surface area contributed by atoms with Gasteiger partial charge in [-0.2, -0.15) is 0 Å². The van der Waals surface area contributed by atoms with Crippen molar-refractivity contribution in [3.63, 3.8) is 0 Å². The summed E-state index contributed by atoms with van der Waals surface area (Å²) in [5.74, 6) is 0.339. The van der Waals surface area contributed by atoms with Gasteiger partial charge in [-0.15, -0.1) is 0 Å². The standard InChI is InChI=1S/C13H22N4O2S/c1-3-9-5-4-7-17(9)12(18)10-11(14)16-13(20-10)15-6-8-19-2/h9H,3-8,14H2,1-2H3,(H,15,16).